The van der Waals surface area contributed by atoms with Gasteiger partial charge in [0.15, 0.2) is 0 Å². The lowest BCUT2D eigenvalue weighted by atomic mass is 9.95. The summed E-state index contributed by atoms with van der Waals surface area (Å²) < 4.78 is 15.5. The molecular weight excluding hydrogens is 299 g/mol. The molecule has 0 aliphatic heterocycles. The Kier molecular flexibility index (Phi) is 4.68. The maximum atomic E-state index is 13.1. The van der Waals surface area contributed by atoms with Crippen molar-refractivity contribution in [3.05, 3.63) is 46.9 Å². The number of benzene rings is 1. The Hall–Kier alpha value is -2.44. The van der Waals surface area contributed by atoms with E-state index in [-0.39, 0.29) is 29.4 Å². The third-order valence-corrected chi connectivity index (χ3v) is 3.24. The molecule has 0 bridgehead atoms. The van der Waals surface area contributed by atoms with Gasteiger partial charge in [-0.2, -0.15) is 5.10 Å². The Labute approximate surface area is 134 Å². The molecule has 23 heavy (non-hydrogen) atoms. The van der Waals surface area contributed by atoms with Crippen LogP contribution in [0.4, 0.5) is 10.1 Å². The monoisotopic (exact) mass is 320 g/mol. The minimum Gasteiger partial charge on any atom is -0.310 e. The van der Waals surface area contributed by atoms with Crippen molar-refractivity contribution >= 4 is 11.6 Å². The Bertz CT molecular complexity index is 741. The summed E-state index contributed by atoms with van der Waals surface area (Å²) in [5, 5.41) is 3.90. The molecule has 0 radical (unpaired) electrons. The second-order valence-corrected chi connectivity index (χ2v) is 6.70. The number of aromatic nitrogens is 3. The summed E-state index contributed by atoms with van der Waals surface area (Å²) in [5.74, 6) is -0.634. The topological polar surface area (TPSA) is 60.1 Å². The van der Waals surface area contributed by atoms with E-state index in [9.17, 15) is 14.0 Å². The van der Waals surface area contributed by atoms with Gasteiger partial charge in [-0.05, 0) is 29.7 Å². The standard InChI is InChI=1S/C16H21FN4O2/c1-16(2,3)10-20(13-7-5-12(17)6-8-13)14(22)9-21-15(23)19(4)11-18-21/h5-8,11H,9-10H2,1-4H3. The predicted molar refractivity (Wildman–Crippen MR) is 85.7 cm³/mol. The van der Waals surface area contributed by atoms with Crippen LogP contribution in [0.1, 0.15) is 20.8 Å². The van der Waals surface area contributed by atoms with Crippen molar-refractivity contribution in [2.45, 2.75) is 27.3 Å². The highest BCUT2D eigenvalue weighted by atomic mass is 19.1. The minimum absolute atomic E-state index is 0.154. The van der Waals surface area contributed by atoms with Crippen LogP contribution in [0.25, 0.3) is 0 Å². The summed E-state index contributed by atoms with van der Waals surface area (Å²) in [4.78, 5) is 26.1. The van der Waals surface area contributed by atoms with Crippen molar-refractivity contribution in [3.63, 3.8) is 0 Å². The summed E-state index contributed by atoms with van der Waals surface area (Å²) in [6.45, 7) is 6.30. The molecular formula is C16H21FN4O2. The minimum atomic E-state index is -0.363. The van der Waals surface area contributed by atoms with Gasteiger partial charge < -0.3 is 4.90 Å². The fourth-order valence-electron chi connectivity index (χ4n) is 2.16. The Morgan fingerprint density at radius 3 is 2.35 bits per heavy atom. The molecule has 0 atom stereocenters. The van der Waals surface area contributed by atoms with E-state index in [1.807, 2.05) is 20.8 Å². The van der Waals surface area contributed by atoms with Gasteiger partial charge in [0.05, 0.1) is 0 Å². The van der Waals surface area contributed by atoms with Crippen molar-refractivity contribution in [3.8, 4) is 0 Å². The number of anilines is 1. The molecule has 1 amide bonds. The van der Waals surface area contributed by atoms with E-state index in [0.29, 0.717) is 12.2 Å². The maximum absolute atomic E-state index is 13.1. The van der Waals surface area contributed by atoms with Crippen LogP contribution in [-0.2, 0) is 18.4 Å². The van der Waals surface area contributed by atoms with E-state index in [1.165, 1.54) is 23.0 Å². The molecule has 7 heteroatoms. The number of amides is 1. The zero-order chi connectivity index (χ0) is 17.2. The second-order valence-electron chi connectivity index (χ2n) is 6.70. The lowest BCUT2D eigenvalue weighted by Crippen LogP contribution is -2.41. The highest BCUT2D eigenvalue weighted by Crippen LogP contribution is 2.22. The van der Waals surface area contributed by atoms with Gasteiger partial charge in [0, 0.05) is 19.3 Å². The number of hydrogen-bond donors (Lipinski definition) is 0. The van der Waals surface area contributed by atoms with Crippen molar-refractivity contribution in [2.24, 2.45) is 12.5 Å². The molecule has 0 aliphatic carbocycles. The number of nitrogens with zero attached hydrogens (tertiary/aromatic N) is 4. The molecule has 0 fully saturated rings. The zero-order valence-electron chi connectivity index (χ0n) is 13.8. The molecule has 1 aromatic carbocycles. The molecule has 2 aromatic rings. The normalized spacial score (nSPS) is 11.5. The molecule has 1 aromatic heterocycles. The number of carbonyl (C=O) groups is 1. The van der Waals surface area contributed by atoms with E-state index in [2.05, 4.69) is 5.10 Å². The van der Waals surface area contributed by atoms with Gasteiger partial charge in [0.2, 0.25) is 5.91 Å². The summed E-state index contributed by atoms with van der Waals surface area (Å²) in [6.07, 6.45) is 1.36. The van der Waals surface area contributed by atoms with Crippen LogP contribution in [0, 0.1) is 11.2 Å². The van der Waals surface area contributed by atoms with Crippen molar-refractivity contribution in [1.82, 2.24) is 14.3 Å². The number of rotatable bonds is 4. The number of hydrogen-bond acceptors (Lipinski definition) is 3. The molecule has 0 saturated carbocycles. The van der Waals surface area contributed by atoms with Crippen LogP contribution in [-0.4, -0.2) is 26.8 Å². The number of carbonyl (C=O) groups excluding carboxylic acids is 1. The quantitative estimate of drug-likeness (QED) is 0.863. The van der Waals surface area contributed by atoms with Gasteiger partial charge >= 0.3 is 5.69 Å². The largest absolute Gasteiger partial charge is 0.345 e. The van der Waals surface area contributed by atoms with E-state index in [4.69, 9.17) is 0 Å². The fraction of sp³-hybridized carbons (Fsp3) is 0.438. The fourth-order valence-corrected chi connectivity index (χ4v) is 2.16. The summed E-state index contributed by atoms with van der Waals surface area (Å²) in [5.41, 5.74) is 0.0857. The molecule has 0 N–H and O–H groups in total. The van der Waals surface area contributed by atoms with Crippen LogP contribution in [0.2, 0.25) is 0 Å². The Morgan fingerprint density at radius 2 is 1.87 bits per heavy atom. The van der Waals surface area contributed by atoms with Crippen molar-refractivity contribution < 1.29 is 9.18 Å². The Morgan fingerprint density at radius 1 is 1.26 bits per heavy atom. The lowest BCUT2D eigenvalue weighted by molar-refractivity contribution is -0.119. The SMILES string of the molecule is Cn1cnn(CC(=O)N(CC(C)(C)C)c2ccc(F)cc2)c1=O. The molecule has 0 spiro atoms. The second kappa shape index (κ2) is 6.36. The lowest BCUT2D eigenvalue weighted by Gasteiger charge is -2.30. The summed E-state index contributed by atoms with van der Waals surface area (Å²) in [7, 11) is 1.57. The van der Waals surface area contributed by atoms with Gasteiger partial charge in [0.1, 0.15) is 18.7 Å². The molecule has 124 valence electrons. The number of halogens is 1. The van der Waals surface area contributed by atoms with Crippen molar-refractivity contribution in [1.29, 1.82) is 0 Å². The highest BCUT2D eigenvalue weighted by molar-refractivity contribution is 5.93. The van der Waals surface area contributed by atoms with Crippen LogP contribution in [0.5, 0.6) is 0 Å². The molecule has 2 rings (SSSR count). The third-order valence-electron chi connectivity index (χ3n) is 3.24. The van der Waals surface area contributed by atoms with E-state index >= 15 is 0 Å². The first-order valence-corrected chi connectivity index (χ1v) is 7.32. The maximum Gasteiger partial charge on any atom is 0.345 e. The molecule has 1 heterocycles. The summed E-state index contributed by atoms with van der Waals surface area (Å²) in [6, 6.07) is 5.73. The van der Waals surface area contributed by atoms with Gasteiger partial charge in [-0.25, -0.2) is 13.9 Å². The smallest absolute Gasteiger partial charge is 0.310 e. The van der Waals surface area contributed by atoms with Gasteiger partial charge in [-0.15, -0.1) is 0 Å². The number of aryl methyl sites for hydroxylation is 1. The predicted octanol–water partition coefficient (Wildman–Crippen LogP) is 1.80. The van der Waals surface area contributed by atoms with Crippen LogP contribution >= 0.6 is 0 Å². The first-order valence-electron chi connectivity index (χ1n) is 7.32. The van der Waals surface area contributed by atoms with Crippen molar-refractivity contribution in [2.75, 3.05) is 11.4 Å². The van der Waals surface area contributed by atoms with Crippen LogP contribution < -0.4 is 10.6 Å². The first-order chi connectivity index (χ1) is 10.7. The highest BCUT2D eigenvalue weighted by Gasteiger charge is 2.23. The van der Waals surface area contributed by atoms with Gasteiger partial charge in [-0.3, -0.25) is 9.36 Å². The zero-order valence-corrected chi connectivity index (χ0v) is 13.8. The molecule has 0 unspecified atom stereocenters. The Balaban J connectivity index is 2.29. The third kappa shape index (κ3) is 4.28. The van der Waals surface area contributed by atoms with Gasteiger partial charge in [0.25, 0.3) is 0 Å². The molecule has 0 aliphatic rings. The molecule has 0 saturated heterocycles. The average Bonchev–Trinajstić information content (AvgIpc) is 2.77. The van der Waals surface area contributed by atoms with E-state index in [0.717, 1.165) is 4.68 Å². The summed E-state index contributed by atoms with van der Waals surface area (Å²) >= 11 is 0. The average molecular weight is 320 g/mol. The van der Waals surface area contributed by atoms with Crippen LogP contribution in [0.3, 0.4) is 0 Å². The van der Waals surface area contributed by atoms with Crippen LogP contribution in [0.15, 0.2) is 35.4 Å². The molecule has 6 nitrogen and oxygen atoms in total. The van der Waals surface area contributed by atoms with E-state index in [1.54, 1.807) is 24.1 Å². The van der Waals surface area contributed by atoms with Gasteiger partial charge in [-0.1, -0.05) is 20.8 Å². The van der Waals surface area contributed by atoms with E-state index < -0.39 is 0 Å². The first kappa shape index (κ1) is 16.9.